The number of piperidine rings is 1. The van der Waals surface area contributed by atoms with Gasteiger partial charge in [0.05, 0.1) is 17.4 Å². The van der Waals surface area contributed by atoms with Crippen LogP contribution in [0.2, 0.25) is 5.02 Å². The number of hydrogen-bond acceptors (Lipinski definition) is 4. The van der Waals surface area contributed by atoms with E-state index in [-0.39, 0.29) is 42.5 Å². The average molecular weight is 446 g/mol. The lowest BCUT2D eigenvalue weighted by atomic mass is 9.96. The fourth-order valence-electron chi connectivity index (χ4n) is 3.02. The van der Waals surface area contributed by atoms with E-state index in [0.717, 1.165) is 18.4 Å². The van der Waals surface area contributed by atoms with Crippen molar-refractivity contribution in [3.63, 3.8) is 0 Å². The lowest BCUT2D eigenvalue weighted by Crippen LogP contribution is -2.44. The van der Waals surface area contributed by atoms with E-state index in [1.165, 1.54) is 6.20 Å². The van der Waals surface area contributed by atoms with E-state index >= 15 is 0 Å². The Hall–Kier alpha value is -2.02. The largest absolute Gasteiger partial charge is 0.399 e. The number of amides is 2. The molecule has 1 unspecified atom stereocenters. The van der Waals surface area contributed by atoms with E-state index in [1.54, 1.807) is 29.2 Å². The van der Waals surface area contributed by atoms with Gasteiger partial charge in [-0.05, 0) is 42.7 Å². The van der Waals surface area contributed by atoms with Gasteiger partial charge in [0.15, 0.2) is 0 Å². The fourth-order valence-corrected chi connectivity index (χ4v) is 3.13. The summed E-state index contributed by atoms with van der Waals surface area (Å²) in [4.78, 5) is 30.9. The fraction of sp³-hybridized carbons (Fsp3) is 0.316. The Kier molecular flexibility index (Phi) is 9.52. The molecule has 6 nitrogen and oxygen atoms in total. The molecule has 9 heteroatoms. The zero-order chi connectivity index (χ0) is 18.5. The van der Waals surface area contributed by atoms with Gasteiger partial charge in [-0.15, -0.1) is 24.8 Å². The highest BCUT2D eigenvalue weighted by molar-refractivity contribution is 6.30. The quantitative estimate of drug-likeness (QED) is 0.704. The van der Waals surface area contributed by atoms with Crippen molar-refractivity contribution in [2.45, 2.75) is 19.3 Å². The maximum absolute atomic E-state index is 12.6. The van der Waals surface area contributed by atoms with Crippen molar-refractivity contribution in [3.05, 3.63) is 53.2 Å². The van der Waals surface area contributed by atoms with Crippen LogP contribution in [0.5, 0.6) is 0 Å². The van der Waals surface area contributed by atoms with Gasteiger partial charge in [0.1, 0.15) is 5.82 Å². The highest BCUT2D eigenvalue weighted by Gasteiger charge is 2.28. The van der Waals surface area contributed by atoms with Crippen molar-refractivity contribution in [1.29, 1.82) is 0 Å². The molecule has 1 atom stereocenters. The Morgan fingerprint density at radius 3 is 2.54 bits per heavy atom. The first-order valence-corrected chi connectivity index (χ1v) is 8.93. The van der Waals surface area contributed by atoms with Crippen LogP contribution < -0.4 is 11.1 Å². The van der Waals surface area contributed by atoms with Crippen LogP contribution >= 0.6 is 36.4 Å². The number of likely N-dealkylation sites (tertiary alicyclic amines) is 1. The predicted molar refractivity (Wildman–Crippen MR) is 116 cm³/mol. The summed E-state index contributed by atoms with van der Waals surface area (Å²) >= 11 is 5.80. The number of carbonyl (C=O) groups is 2. The van der Waals surface area contributed by atoms with E-state index in [9.17, 15) is 9.59 Å². The van der Waals surface area contributed by atoms with Crippen LogP contribution in [0.1, 0.15) is 18.4 Å². The minimum Gasteiger partial charge on any atom is -0.399 e. The van der Waals surface area contributed by atoms with Crippen molar-refractivity contribution in [2.75, 3.05) is 24.1 Å². The summed E-state index contributed by atoms with van der Waals surface area (Å²) < 4.78 is 0. The summed E-state index contributed by atoms with van der Waals surface area (Å²) in [5.41, 5.74) is 7.26. The molecule has 3 N–H and O–H groups in total. The highest BCUT2D eigenvalue weighted by Crippen LogP contribution is 2.20. The van der Waals surface area contributed by atoms with Gasteiger partial charge in [-0.3, -0.25) is 9.59 Å². The molecule has 2 aromatic rings. The third-order valence-corrected chi connectivity index (χ3v) is 4.68. The number of nitrogen functional groups attached to an aromatic ring is 1. The molecule has 1 fully saturated rings. The summed E-state index contributed by atoms with van der Waals surface area (Å²) in [5, 5.41) is 3.31. The van der Waals surface area contributed by atoms with Crippen LogP contribution in [0.4, 0.5) is 11.5 Å². The molecule has 28 heavy (non-hydrogen) atoms. The second-order valence-corrected chi connectivity index (χ2v) is 6.88. The Morgan fingerprint density at radius 1 is 1.18 bits per heavy atom. The maximum atomic E-state index is 12.6. The molecule has 1 aliphatic heterocycles. The molecule has 1 saturated heterocycles. The lowest BCUT2D eigenvalue weighted by Gasteiger charge is -2.32. The Balaban J connectivity index is 0.00000196. The normalized spacial score (nSPS) is 15.8. The zero-order valence-electron chi connectivity index (χ0n) is 15.1. The molecule has 1 aliphatic rings. The first kappa shape index (κ1) is 24.0. The number of rotatable bonds is 4. The molecule has 0 aliphatic carbocycles. The van der Waals surface area contributed by atoms with Gasteiger partial charge in [0.25, 0.3) is 0 Å². The van der Waals surface area contributed by atoms with Crippen molar-refractivity contribution < 1.29 is 9.59 Å². The van der Waals surface area contributed by atoms with Gasteiger partial charge in [-0.2, -0.15) is 0 Å². The first-order chi connectivity index (χ1) is 12.5. The molecule has 0 radical (unpaired) electrons. The van der Waals surface area contributed by atoms with E-state index in [0.29, 0.717) is 36.0 Å². The molecular weight excluding hydrogens is 423 g/mol. The second-order valence-electron chi connectivity index (χ2n) is 6.45. The number of nitrogens with one attached hydrogen (secondary N) is 1. The minimum absolute atomic E-state index is 0. The third-order valence-electron chi connectivity index (χ3n) is 4.46. The summed E-state index contributed by atoms with van der Waals surface area (Å²) in [7, 11) is 0. The van der Waals surface area contributed by atoms with E-state index in [4.69, 9.17) is 17.3 Å². The number of nitrogens with two attached hydrogens (primary N) is 1. The van der Waals surface area contributed by atoms with Gasteiger partial charge in [0, 0.05) is 25.0 Å². The number of anilines is 2. The van der Waals surface area contributed by atoms with Crippen LogP contribution in [0, 0.1) is 5.92 Å². The standard InChI is InChI=1S/C19H21ClN4O2.2ClH/c20-15-5-8-17(22-11-15)23-19(26)14-2-1-9-24(12-14)18(25)10-13-3-6-16(21)7-4-13;;/h3-8,11,14H,1-2,9-10,12,21H2,(H,22,23,26);2*1H. The zero-order valence-corrected chi connectivity index (χ0v) is 17.5. The molecule has 2 amide bonds. The molecule has 3 rings (SSSR count). The predicted octanol–water partition coefficient (Wildman–Crippen LogP) is 3.58. The molecule has 1 aromatic carbocycles. The van der Waals surface area contributed by atoms with Crippen molar-refractivity contribution in [3.8, 4) is 0 Å². The summed E-state index contributed by atoms with van der Waals surface area (Å²) in [6.07, 6.45) is 3.36. The SMILES string of the molecule is Cl.Cl.Nc1ccc(CC(=O)N2CCCC(C(=O)Nc3ccc(Cl)cn3)C2)cc1. The van der Waals surface area contributed by atoms with Gasteiger partial charge in [-0.25, -0.2) is 4.98 Å². The van der Waals surface area contributed by atoms with E-state index in [2.05, 4.69) is 10.3 Å². The average Bonchev–Trinajstić information content (AvgIpc) is 2.65. The van der Waals surface area contributed by atoms with E-state index in [1.807, 2.05) is 12.1 Å². The van der Waals surface area contributed by atoms with Crippen LogP contribution in [0.15, 0.2) is 42.6 Å². The number of aromatic nitrogens is 1. The van der Waals surface area contributed by atoms with Crippen LogP contribution in [0.25, 0.3) is 0 Å². The number of pyridine rings is 1. The lowest BCUT2D eigenvalue weighted by molar-refractivity contribution is -0.133. The minimum atomic E-state index is -0.239. The van der Waals surface area contributed by atoms with Crippen LogP contribution in [0.3, 0.4) is 0 Å². The van der Waals surface area contributed by atoms with Crippen molar-refractivity contribution in [2.24, 2.45) is 5.92 Å². The Morgan fingerprint density at radius 2 is 1.89 bits per heavy atom. The van der Waals surface area contributed by atoms with Crippen LogP contribution in [-0.4, -0.2) is 34.8 Å². The highest BCUT2D eigenvalue weighted by atomic mass is 35.5. The van der Waals surface area contributed by atoms with E-state index < -0.39 is 0 Å². The third kappa shape index (κ3) is 6.55. The molecule has 2 heterocycles. The second kappa shape index (κ2) is 11.1. The molecule has 0 spiro atoms. The van der Waals surface area contributed by atoms with Crippen molar-refractivity contribution in [1.82, 2.24) is 9.88 Å². The molecule has 1 aromatic heterocycles. The molecule has 0 bridgehead atoms. The number of nitrogens with zero attached hydrogens (tertiary/aromatic N) is 2. The number of benzene rings is 1. The van der Waals surface area contributed by atoms with Crippen molar-refractivity contribution >= 4 is 59.7 Å². The maximum Gasteiger partial charge on any atom is 0.230 e. The smallest absolute Gasteiger partial charge is 0.230 e. The van der Waals surface area contributed by atoms with Crippen LogP contribution in [-0.2, 0) is 16.0 Å². The summed E-state index contributed by atoms with van der Waals surface area (Å²) in [6.45, 7) is 1.10. The van der Waals surface area contributed by atoms with Gasteiger partial charge < -0.3 is 16.0 Å². The Bertz CT molecular complexity index is 719. The Labute approximate surface area is 181 Å². The topological polar surface area (TPSA) is 88.3 Å². The summed E-state index contributed by atoms with van der Waals surface area (Å²) in [6, 6.07) is 10.6. The molecule has 0 saturated carbocycles. The van der Waals surface area contributed by atoms with Gasteiger partial charge >= 0.3 is 0 Å². The van der Waals surface area contributed by atoms with Gasteiger partial charge in [-0.1, -0.05) is 23.7 Å². The first-order valence-electron chi connectivity index (χ1n) is 8.56. The van der Waals surface area contributed by atoms with Gasteiger partial charge in [0.2, 0.25) is 11.8 Å². The molecule has 152 valence electrons. The number of carbonyl (C=O) groups excluding carboxylic acids is 2. The molecular formula is C19H23Cl3N4O2. The number of halogens is 3. The monoisotopic (exact) mass is 444 g/mol. The summed E-state index contributed by atoms with van der Waals surface area (Å²) in [5.74, 6) is 0.128. The number of hydrogen-bond donors (Lipinski definition) is 2.